The number of benzene rings is 1. The van der Waals surface area contributed by atoms with Crippen LogP contribution in [0.2, 0.25) is 0 Å². The van der Waals surface area contributed by atoms with E-state index >= 15 is 0 Å². The Kier molecular flexibility index (Phi) is 2.32. The molecule has 0 unspecified atom stereocenters. The van der Waals surface area contributed by atoms with Crippen molar-refractivity contribution < 1.29 is 13.6 Å². The van der Waals surface area contributed by atoms with Gasteiger partial charge in [0.2, 0.25) is 0 Å². The second-order valence-corrected chi connectivity index (χ2v) is 3.49. The van der Waals surface area contributed by atoms with E-state index in [1.165, 1.54) is 18.2 Å². The van der Waals surface area contributed by atoms with Gasteiger partial charge in [0.25, 0.3) is 6.43 Å². The minimum absolute atomic E-state index is 0.0125. The Balaban J connectivity index is 2.44. The summed E-state index contributed by atoms with van der Waals surface area (Å²) in [5.41, 5.74) is 1.41. The lowest BCUT2D eigenvalue weighted by Crippen LogP contribution is -2.10. The molecule has 74 valence electrons. The van der Waals surface area contributed by atoms with Gasteiger partial charge < -0.3 is 0 Å². The van der Waals surface area contributed by atoms with E-state index in [0.29, 0.717) is 12.0 Å². The SMILES string of the molecule is O=C1CCCc2cc(C(F)F)ccc21. The maximum atomic E-state index is 12.3. The minimum atomic E-state index is -2.45. The van der Waals surface area contributed by atoms with Crippen molar-refractivity contribution >= 4 is 5.78 Å². The Morgan fingerprint density at radius 2 is 2.00 bits per heavy atom. The Labute approximate surface area is 80.7 Å². The topological polar surface area (TPSA) is 17.1 Å². The summed E-state index contributed by atoms with van der Waals surface area (Å²) in [6.45, 7) is 0. The highest BCUT2D eigenvalue weighted by atomic mass is 19.3. The average Bonchev–Trinajstić information content (AvgIpc) is 2.17. The van der Waals surface area contributed by atoms with Crippen molar-refractivity contribution in [3.05, 3.63) is 34.9 Å². The highest BCUT2D eigenvalue weighted by molar-refractivity contribution is 5.98. The van der Waals surface area contributed by atoms with Gasteiger partial charge in [0.05, 0.1) is 0 Å². The second kappa shape index (κ2) is 3.48. The highest BCUT2D eigenvalue weighted by Crippen LogP contribution is 2.26. The van der Waals surface area contributed by atoms with Gasteiger partial charge in [0, 0.05) is 17.5 Å². The molecule has 0 aromatic heterocycles. The number of Topliss-reactive ketones (excluding diaryl/α,β-unsaturated/α-hetero) is 1. The van der Waals surface area contributed by atoms with E-state index in [-0.39, 0.29) is 11.3 Å². The van der Waals surface area contributed by atoms with Crippen LogP contribution < -0.4 is 0 Å². The lowest BCUT2D eigenvalue weighted by molar-refractivity contribution is 0.0971. The molecule has 0 heterocycles. The summed E-state index contributed by atoms with van der Waals surface area (Å²) < 4.78 is 24.7. The highest BCUT2D eigenvalue weighted by Gasteiger charge is 2.18. The normalized spacial score (nSPS) is 15.8. The lowest BCUT2D eigenvalue weighted by atomic mass is 9.89. The third-order valence-corrected chi connectivity index (χ3v) is 2.53. The molecule has 0 N–H and O–H groups in total. The molecule has 1 aromatic carbocycles. The van der Waals surface area contributed by atoms with Gasteiger partial charge in [-0.15, -0.1) is 0 Å². The second-order valence-electron chi connectivity index (χ2n) is 3.49. The molecule has 1 aromatic rings. The molecule has 0 fully saturated rings. The molecule has 0 radical (unpaired) electrons. The Bertz CT molecular complexity index is 372. The number of ketones is 1. The summed E-state index contributed by atoms with van der Waals surface area (Å²) in [6, 6.07) is 4.32. The summed E-state index contributed by atoms with van der Waals surface area (Å²) in [5, 5.41) is 0. The zero-order chi connectivity index (χ0) is 10.1. The molecule has 3 heteroatoms. The van der Waals surface area contributed by atoms with E-state index in [4.69, 9.17) is 0 Å². The number of hydrogen-bond acceptors (Lipinski definition) is 1. The van der Waals surface area contributed by atoms with E-state index in [9.17, 15) is 13.6 Å². The molecule has 1 nitrogen and oxygen atoms in total. The number of halogens is 2. The smallest absolute Gasteiger partial charge is 0.263 e. The minimum Gasteiger partial charge on any atom is -0.294 e. The van der Waals surface area contributed by atoms with Gasteiger partial charge >= 0.3 is 0 Å². The van der Waals surface area contributed by atoms with Gasteiger partial charge in [-0.3, -0.25) is 4.79 Å². The van der Waals surface area contributed by atoms with Gasteiger partial charge in [-0.25, -0.2) is 8.78 Å². The fourth-order valence-electron chi connectivity index (χ4n) is 1.80. The van der Waals surface area contributed by atoms with Crippen LogP contribution in [-0.4, -0.2) is 5.78 Å². The number of fused-ring (bicyclic) bond motifs is 1. The first-order chi connectivity index (χ1) is 6.68. The van der Waals surface area contributed by atoms with Crippen LogP contribution in [0.3, 0.4) is 0 Å². The molecule has 0 atom stereocenters. The third-order valence-electron chi connectivity index (χ3n) is 2.53. The zero-order valence-corrected chi connectivity index (χ0v) is 7.59. The molecule has 0 saturated carbocycles. The van der Waals surface area contributed by atoms with Crippen LogP contribution in [0.4, 0.5) is 8.78 Å². The van der Waals surface area contributed by atoms with Crippen molar-refractivity contribution in [2.24, 2.45) is 0 Å². The zero-order valence-electron chi connectivity index (χ0n) is 7.59. The molecular weight excluding hydrogens is 186 g/mol. The molecular formula is C11H10F2O. The van der Waals surface area contributed by atoms with Crippen LogP contribution in [0, 0.1) is 0 Å². The van der Waals surface area contributed by atoms with Crippen LogP contribution in [0.25, 0.3) is 0 Å². The predicted octanol–water partition coefficient (Wildman–Crippen LogP) is 3.14. The molecule has 0 amide bonds. The van der Waals surface area contributed by atoms with Gasteiger partial charge in [-0.1, -0.05) is 12.1 Å². The summed E-state index contributed by atoms with van der Waals surface area (Å²) in [7, 11) is 0. The molecule has 0 bridgehead atoms. The molecule has 14 heavy (non-hydrogen) atoms. The third kappa shape index (κ3) is 1.54. The van der Waals surface area contributed by atoms with Crippen LogP contribution >= 0.6 is 0 Å². The quantitative estimate of drug-likeness (QED) is 0.674. The first-order valence-corrected chi connectivity index (χ1v) is 4.62. The fraction of sp³-hybridized carbons (Fsp3) is 0.364. The number of hydrogen-bond donors (Lipinski definition) is 0. The monoisotopic (exact) mass is 196 g/mol. The lowest BCUT2D eigenvalue weighted by Gasteiger charge is -2.15. The van der Waals surface area contributed by atoms with Crippen molar-refractivity contribution in [2.75, 3.05) is 0 Å². The standard InChI is InChI=1S/C11H10F2O/c12-11(13)8-4-5-9-7(6-8)2-1-3-10(9)14/h4-6,11H,1-3H2. The van der Waals surface area contributed by atoms with Crippen LogP contribution in [0.15, 0.2) is 18.2 Å². The summed E-state index contributed by atoms with van der Waals surface area (Å²) in [4.78, 5) is 11.4. The molecule has 1 aliphatic carbocycles. The predicted molar refractivity (Wildman–Crippen MR) is 48.7 cm³/mol. The fourth-order valence-corrected chi connectivity index (χ4v) is 1.80. The van der Waals surface area contributed by atoms with E-state index in [2.05, 4.69) is 0 Å². The van der Waals surface area contributed by atoms with Crippen molar-refractivity contribution in [3.8, 4) is 0 Å². The maximum Gasteiger partial charge on any atom is 0.263 e. The number of carbonyl (C=O) groups is 1. The Morgan fingerprint density at radius 1 is 1.21 bits per heavy atom. The van der Waals surface area contributed by atoms with Crippen molar-refractivity contribution in [2.45, 2.75) is 25.7 Å². The van der Waals surface area contributed by atoms with E-state index in [0.717, 1.165) is 18.4 Å². The summed E-state index contributed by atoms with van der Waals surface area (Å²) in [5.74, 6) is 0.0760. The van der Waals surface area contributed by atoms with E-state index < -0.39 is 6.43 Å². The van der Waals surface area contributed by atoms with E-state index in [1.807, 2.05) is 0 Å². The number of rotatable bonds is 1. The first-order valence-electron chi connectivity index (χ1n) is 4.62. The average molecular weight is 196 g/mol. The number of carbonyl (C=O) groups excluding carboxylic acids is 1. The molecule has 2 rings (SSSR count). The summed E-state index contributed by atoms with van der Waals surface area (Å²) in [6.07, 6.45) is -0.390. The van der Waals surface area contributed by atoms with E-state index in [1.54, 1.807) is 0 Å². The van der Waals surface area contributed by atoms with Crippen LogP contribution in [0.1, 0.15) is 40.8 Å². The summed E-state index contributed by atoms with van der Waals surface area (Å²) >= 11 is 0. The Hall–Kier alpha value is -1.25. The molecule has 0 saturated heterocycles. The molecule has 0 aliphatic heterocycles. The van der Waals surface area contributed by atoms with Crippen molar-refractivity contribution in [3.63, 3.8) is 0 Å². The molecule has 0 spiro atoms. The largest absolute Gasteiger partial charge is 0.294 e. The van der Waals surface area contributed by atoms with Gasteiger partial charge in [0.1, 0.15) is 0 Å². The Morgan fingerprint density at radius 3 is 2.71 bits per heavy atom. The van der Waals surface area contributed by atoms with Gasteiger partial charge in [-0.2, -0.15) is 0 Å². The van der Waals surface area contributed by atoms with Gasteiger partial charge in [0.15, 0.2) is 5.78 Å². The van der Waals surface area contributed by atoms with Crippen LogP contribution in [-0.2, 0) is 6.42 Å². The number of aryl methyl sites for hydroxylation is 1. The number of alkyl halides is 2. The molecule has 1 aliphatic rings. The first kappa shape index (κ1) is 9.31. The van der Waals surface area contributed by atoms with Crippen molar-refractivity contribution in [1.29, 1.82) is 0 Å². The van der Waals surface area contributed by atoms with Gasteiger partial charge in [-0.05, 0) is 24.5 Å². The van der Waals surface area contributed by atoms with Crippen LogP contribution in [0.5, 0.6) is 0 Å². The van der Waals surface area contributed by atoms with Crippen molar-refractivity contribution in [1.82, 2.24) is 0 Å². The maximum absolute atomic E-state index is 12.3.